The molecule has 0 atom stereocenters. The summed E-state index contributed by atoms with van der Waals surface area (Å²) in [6.07, 6.45) is 3.79. The van der Waals surface area contributed by atoms with E-state index in [2.05, 4.69) is 4.98 Å². The molecule has 1 aliphatic heterocycles. The molecule has 3 heterocycles. The van der Waals surface area contributed by atoms with Gasteiger partial charge in [-0.2, -0.15) is 4.31 Å². The molecule has 28 heavy (non-hydrogen) atoms. The Morgan fingerprint density at radius 1 is 1.07 bits per heavy atom. The molecular weight excluding hydrogens is 396 g/mol. The highest BCUT2D eigenvalue weighted by Crippen LogP contribution is 2.26. The molecule has 0 amide bonds. The molecule has 3 aromatic rings. The number of morpholine rings is 1. The smallest absolute Gasteiger partial charge is 0.243 e. The fourth-order valence-electron chi connectivity index (χ4n) is 2.93. The molecule has 6 nitrogen and oxygen atoms in total. The molecule has 4 rings (SSSR count). The number of hydrogen-bond donors (Lipinski definition) is 0. The summed E-state index contributed by atoms with van der Waals surface area (Å²) in [5, 5.41) is 2.92. The summed E-state index contributed by atoms with van der Waals surface area (Å²) in [5.41, 5.74) is 1.82. The molecule has 0 radical (unpaired) electrons. The van der Waals surface area contributed by atoms with Crippen molar-refractivity contribution < 1.29 is 17.6 Å². The number of nitrogens with zero attached hydrogens (tertiary/aromatic N) is 2. The van der Waals surface area contributed by atoms with Crippen molar-refractivity contribution in [3.05, 3.63) is 58.2 Å². The van der Waals surface area contributed by atoms with Gasteiger partial charge in [0.05, 0.1) is 18.1 Å². The van der Waals surface area contributed by atoms with E-state index in [4.69, 9.17) is 9.15 Å². The van der Waals surface area contributed by atoms with Gasteiger partial charge in [0.15, 0.2) is 0 Å². The number of ether oxygens (including phenoxy) is 1. The third kappa shape index (κ3) is 4.10. The van der Waals surface area contributed by atoms with Crippen molar-refractivity contribution >= 4 is 33.5 Å². The summed E-state index contributed by atoms with van der Waals surface area (Å²) in [6.45, 7) is 3.59. The predicted molar refractivity (Wildman–Crippen MR) is 110 cm³/mol. The molecule has 0 bridgehead atoms. The number of aryl methyl sites for hydroxylation is 1. The number of aromatic nitrogens is 1. The van der Waals surface area contributed by atoms with Crippen molar-refractivity contribution in [3.8, 4) is 11.3 Å². The quantitative estimate of drug-likeness (QED) is 0.631. The minimum atomic E-state index is -3.49. The maximum atomic E-state index is 12.7. The molecule has 146 valence electrons. The number of sulfonamides is 1. The standard InChI is InChI=1S/C20H20N2O4S2/c1-15-14-27-20(21-15)9-5-17-4-8-19(26-17)16-2-6-18(7-3-16)28(23,24)22-10-12-25-13-11-22/h2-9,14H,10-13H2,1H3/b9-5+. The van der Waals surface area contributed by atoms with Crippen molar-refractivity contribution in [1.82, 2.24) is 9.29 Å². The first kappa shape index (κ1) is 19.1. The number of hydrogen-bond acceptors (Lipinski definition) is 6. The van der Waals surface area contributed by atoms with Crippen molar-refractivity contribution in [2.45, 2.75) is 11.8 Å². The Labute approximate surface area is 168 Å². The lowest BCUT2D eigenvalue weighted by atomic mass is 10.2. The van der Waals surface area contributed by atoms with Gasteiger partial charge in [0.2, 0.25) is 10.0 Å². The first-order chi connectivity index (χ1) is 13.5. The van der Waals surface area contributed by atoms with Crippen LogP contribution in [0.15, 0.2) is 51.1 Å². The van der Waals surface area contributed by atoms with Gasteiger partial charge < -0.3 is 9.15 Å². The van der Waals surface area contributed by atoms with E-state index >= 15 is 0 Å². The molecule has 0 spiro atoms. The van der Waals surface area contributed by atoms with E-state index in [1.54, 1.807) is 35.6 Å². The van der Waals surface area contributed by atoms with Gasteiger partial charge in [-0.25, -0.2) is 13.4 Å². The van der Waals surface area contributed by atoms with Gasteiger partial charge in [0, 0.05) is 29.7 Å². The second-order valence-electron chi connectivity index (χ2n) is 6.40. The average Bonchev–Trinajstić information content (AvgIpc) is 3.36. The number of furan rings is 1. The molecule has 0 N–H and O–H groups in total. The van der Waals surface area contributed by atoms with E-state index in [-0.39, 0.29) is 4.90 Å². The third-order valence-corrected chi connectivity index (χ3v) is 7.24. The maximum absolute atomic E-state index is 12.7. The Bertz CT molecular complexity index is 1080. The topological polar surface area (TPSA) is 72.6 Å². The van der Waals surface area contributed by atoms with Gasteiger partial charge in [0.1, 0.15) is 16.5 Å². The summed E-state index contributed by atoms with van der Waals surface area (Å²) in [4.78, 5) is 4.66. The normalized spacial score (nSPS) is 16.0. The zero-order valence-electron chi connectivity index (χ0n) is 15.4. The highest BCUT2D eigenvalue weighted by molar-refractivity contribution is 7.89. The zero-order valence-corrected chi connectivity index (χ0v) is 17.0. The largest absolute Gasteiger partial charge is 0.457 e. The lowest BCUT2D eigenvalue weighted by Gasteiger charge is -2.26. The first-order valence-electron chi connectivity index (χ1n) is 8.91. The minimum absolute atomic E-state index is 0.281. The fourth-order valence-corrected chi connectivity index (χ4v) is 5.02. The van der Waals surface area contributed by atoms with Crippen LogP contribution in [0.3, 0.4) is 0 Å². The second kappa shape index (κ2) is 8.00. The monoisotopic (exact) mass is 416 g/mol. The Hall–Kier alpha value is -2.26. The van der Waals surface area contributed by atoms with Crippen LogP contribution >= 0.6 is 11.3 Å². The molecule has 1 fully saturated rings. The van der Waals surface area contributed by atoms with E-state index in [1.807, 2.05) is 36.6 Å². The molecule has 0 aliphatic carbocycles. The molecule has 1 aliphatic rings. The molecule has 2 aromatic heterocycles. The zero-order chi connectivity index (χ0) is 19.6. The summed E-state index contributed by atoms with van der Waals surface area (Å²) in [6, 6.07) is 10.5. The van der Waals surface area contributed by atoms with Gasteiger partial charge in [-0.15, -0.1) is 11.3 Å². The van der Waals surface area contributed by atoms with Crippen LogP contribution in [-0.2, 0) is 14.8 Å². The van der Waals surface area contributed by atoms with Gasteiger partial charge >= 0.3 is 0 Å². The number of benzene rings is 1. The van der Waals surface area contributed by atoms with Crippen LogP contribution in [0.25, 0.3) is 23.5 Å². The third-order valence-electron chi connectivity index (χ3n) is 4.40. The Balaban J connectivity index is 1.50. The Kier molecular flexibility index (Phi) is 5.45. The lowest BCUT2D eigenvalue weighted by Crippen LogP contribution is -2.40. The van der Waals surface area contributed by atoms with Crippen LogP contribution in [0.5, 0.6) is 0 Å². The second-order valence-corrected chi connectivity index (χ2v) is 9.23. The highest BCUT2D eigenvalue weighted by Gasteiger charge is 2.26. The lowest BCUT2D eigenvalue weighted by molar-refractivity contribution is 0.0730. The van der Waals surface area contributed by atoms with Gasteiger partial charge in [-0.05, 0) is 55.5 Å². The van der Waals surface area contributed by atoms with Crippen LogP contribution < -0.4 is 0 Å². The van der Waals surface area contributed by atoms with E-state index in [0.717, 1.165) is 16.3 Å². The van der Waals surface area contributed by atoms with Gasteiger partial charge in [0.25, 0.3) is 0 Å². The highest BCUT2D eigenvalue weighted by atomic mass is 32.2. The van der Waals surface area contributed by atoms with Crippen molar-refractivity contribution in [1.29, 1.82) is 0 Å². The molecular formula is C20H20N2O4S2. The van der Waals surface area contributed by atoms with Gasteiger partial charge in [-0.3, -0.25) is 0 Å². The van der Waals surface area contributed by atoms with Crippen LogP contribution in [0.1, 0.15) is 16.5 Å². The summed E-state index contributed by atoms with van der Waals surface area (Å²) in [7, 11) is -3.49. The van der Waals surface area contributed by atoms with Crippen LogP contribution in [0.2, 0.25) is 0 Å². The molecule has 1 aromatic carbocycles. The fraction of sp³-hybridized carbons (Fsp3) is 0.250. The van der Waals surface area contributed by atoms with Gasteiger partial charge in [-0.1, -0.05) is 0 Å². The van der Waals surface area contributed by atoms with Crippen molar-refractivity contribution in [3.63, 3.8) is 0 Å². The van der Waals surface area contributed by atoms with Crippen LogP contribution in [-0.4, -0.2) is 44.0 Å². The minimum Gasteiger partial charge on any atom is -0.457 e. The summed E-state index contributed by atoms with van der Waals surface area (Å²) in [5.74, 6) is 1.40. The molecule has 1 saturated heterocycles. The number of rotatable bonds is 5. The molecule has 0 saturated carbocycles. The Morgan fingerprint density at radius 3 is 2.50 bits per heavy atom. The molecule has 0 unspecified atom stereocenters. The van der Waals surface area contributed by atoms with Crippen LogP contribution in [0, 0.1) is 6.92 Å². The SMILES string of the molecule is Cc1csc(/C=C/c2ccc(-c3ccc(S(=O)(=O)N4CCOCC4)cc3)o2)n1. The number of thiazole rings is 1. The average molecular weight is 417 g/mol. The van der Waals surface area contributed by atoms with Crippen LogP contribution in [0.4, 0.5) is 0 Å². The predicted octanol–water partition coefficient (Wildman–Crippen LogP) is 3.90. The first-order valence-corrected chi connectivity index (χ1v) is 11.2. The van der Waals surface area contributed by atoms with E-state index in [1.165, 1.54) is 4.31 Å². The van der Waals surface area contributed by atoms with E-state index in [9.17, 15) is 8.42 Å². The summed E-state index contributed by atoms with van der Waals surface area (Å²) < 4.78 is 37.9. The maximum Gasteiger partial charge on any atom is 0.243 e. The van der Waals surface area contributed by atoms with Crippen molar-refractivity contribution in [2.75, 3.05) is 26.3 Å². The van der Waals surface area contributed by atoms with E-state index < -0.39 is 10.0 Å². The molecule has 8 heteroatoms. The Morgan fingerprint density at radius 2 is 1.82 bits per heavy atom. The van der Waals surface area contributed by atoms with Crippen molar-refractivity contribution in [2.24, 2.45) is 0 Å². The summed E-state index contributed by atoms with van der Waals surface area (Å²) >= 11 is 1.58. The van der Waals surface area contributed by atoms with E-state index in [0.29, 0.717) is 37.8 Å².